The van der Waals surface area contributed by atoms with Gasteiger partial charge in [-0.25, -0.2) is 15.0 Å². The minimum atomic E-state index is 0.451. The molecule has 0 radical (unpaired) electrons. The van der Waals surface area contributed by atoms with Crippen molar-refractivity contribution in [1.82, 2.24) is 15.0 Å². The number of rotatable bonds is 6. The third-order valence-corrected chi connectivity index (χ3v) is 2.64. The molecule has 0 atom stereocenters. The van der Waals surface area contributed by atoms with Gasteiger partial charge in [-0.3, -0.25) is 0 Å². The lowest BCUT2D eigenvalue weighted by molar-refractivity contribution is 0.210. The second-order valence-corrected chi connectivity index (χ2v) is 4.25. The van der Waals surface area contributed by atoms with Gasteiger partial charge in [0.1, 0.15) is 17.8 Å². The van der Waals surface area contributed by atoms with E-state index in [1.54, 1.807) is 13.3 Å². The molecule has 0 saturated carbocycles. The highest BCUT2D eigenvalue weighted by atomic mass is 16.5. The number of hydrogen-bond donors (Lipinski definition) is 3. The second-order valence-electron chi connectivity index (χ2n) is 4.25. The normalized spacial score (nSPS) is 10.3. The Morgan fingerprint density at radius 2 is 2.05 bits per heavy atom. The molecule has 4 N–H and O–H groups in total. The molecular formula is C13H18N6O. The van der Waals surface area contributed by atoms with Gasteiger partial charge in [-0.15, -0.1) is 0 Å². The summed E-state index contributed by atoms with van der Waals surface area (Å²) in [5.41, 5.74) is 7.59. The number of hydrogen-bond acceptors (Lipinski definition) is 7. The van der Waals surface area contributed by atoms with Crippen molar-refractivity contribution in [2.75, 3.05) is 36.6 Å². The first-order valence-electron chi connectivity index (χ1n) is 6.23. The van der Waals surface area contributed by atoms with Gasteiger partial charge in [0.15, 0.2) is 11.6 Å². The molecular weight excluding hydrogens is 256 g/mol. The fourth-order valence-corrected chi connectivity index (χ4v) is 1.63. The van der Waals surface area contributed by atoms with Crippen molar-refractivity contribution in [2.24, 2.45) is 0 Å². The average molecular weight is 274 g/mol. The van der Waals surface area contributed by atoms with Gasteiger partial charge in [0.25, 0.3) is 0 Å². The van der Waals surface area contributed by atoms with Crippen molar-refractivity contribution in [3.05, 3.63) is 30.2 Å². The molecule has 2 rings (SSSR count). The van der Waals surface area contributed by atoms with Gasteiger partial charge in [-0.1, -0.05) is 0 Å². The van der Waals surface area contributed by atoms with Crippen LogP contribution in [0.2, 0.25) is 0 Å². The first-order chi connectivity index (χ1) is 9.70. The lowest BCUT2D eigenvalue weighted by Gasteiger charge is -2.12. The van der Waals surface area contributed by atoms with E-state index in [4.69, 9.17) is 10.5 Å². The SMILES string of the molecule is COCCNc1ncnc(Nc2cc(C)ccn2)c1N. The van der Waals surface area contributed by atoms with E-state index < -0.39 is 0 Å². The smallest absolute Gasteiger partial charge is 0.160 e. The fourth-order valence-electron chi connectivity index (χ4n) is 1.63. The molecule has 0 aliphatic carbocycles. The van der Waals surface area contributed by atoms with Gasteiger partial charge in [-0.05, 0) is 24.6 Å². The predicted molar refractivity (Wildman–Crippen MR) is 79.1 cm³/mol. The van der Waals surface area contributed by atoms with Gasteiger partial charge in [0, 0.05) is 19.9 Å². The maximum Gasteiger partial charge on any atom is 0.160 e. The number of nitrogens with two attached hydrogens (primary N) is 1. The molecule has 0 unspecified atom stereocenters. The molecule has 20 heavy (non-hydrogen) atoms. The monoisotopic (exact) mass is 274 g/mol. The number of aromatic nitrogens is 3. The van der Waals surface area contributed by atoms with Gasteiger partial charge in [-0.2, -0.15) is 0 Å². The highest BCUT2D eigenvalue weighted by molar-refractivity contribution is 5.76. The minimum absolute atomic E-state index is 0.451. The molecule has 0 fully saturated rings. The Labute approximate surface area is 117 Å². The van der Waals surface area contributed by atoms with E-state index in [1.807, 2.05) is 19.1 Å². The van der Waals surface area contributed by atoms with Crippen LogP contribution in [0, 0.1) is 6.92 Å². The molecule has 0 spiro atoms. The van der Waals surface area contributed by atoms with Crippen molar-refractivity contribution in [2.45, 2.75) is 6.92 Å². The van der Waals surface area contributed by atoms with E-state index in [9.17, 15) is 0 Å². The van der Waals surface area contributed by atoms with Crippen LogP contribution < -0.4 is 16.4 Å². The van der Waals surface area contributed by atoms with Gasteiger partial charge in [0.05, 0.1) is 6.61 Å². The molecule has 0 aliphatic heterocycles. The zero-order valence-electron chi connectivity index (χ0n) is 11.6. The maximum absolute atomic E-state index is 6.03. The molecule has 0 aromatic carbocycles. The van der Waals surface area contributed by atoms with Crippen molar-refractivity contribution in [1.29, 1.82) is 0 Å². The Morgan fingerprint density at radius 3 is 2.80 bits per heavy atom. The van der Waals surface area contributed by atoms with E-state index in [-0.39, 0.29) is 0 Å². The van der Waals surface area contributed by atoms with Gasteiger partial charge in [0.2, 0.25) is 0 Å². The van der Waals surface area contributed by atoms with Gasteiger partial charge >= 0.3 is 0 Å². The van der Waals surface area contributed by atoms with Crippen LogP contribution in [0.4, 0.5) is 23.1 Å². The van der Waals surface area contributed by atoms with Crippen molar-refractivity contribution in [3.63, 3.8) is 0 Å². The first kappa shape index (κ1) is 14.0. The van der Waals surface area contributed by atoms with Crippen LogP contribution in [0.3, 0.4) is 0 Å². The van der Waals surface area contributed by atoms with E-state index >= 15 is 0 Å². The number of nitrogens with one attached hydrogen (secondary N) is 2. The summed E-state index contributed by atoms with van der Waals surface area (Å²) in [5.74, 6) is 1.79. The summed E-state index contributed by atoms with van der Waals surface area (Å²) in [5, 5.41) is 6.18. The van der Waals surface area contributed by atoms with Crippen LogP contribution in [0.25, 0.3) is 0 Å². The number of nitrogens with zero attached hydrogens (tertiary/aromatic N) is 3. The summed E-state index contributed by atoms with van der Waals surface area (Å²) >= 11 is 0. The number of methoxy groups -OCH3 is 1. The zero-order chi connectivity index (χ0) is 14.4. The quantitative estimate of drug-likeness (QED) is 0.688. The highest BCUT2D eigenvalue weighted by Crippen LogP contribution is 2.24. The van der Waals surface area contributed by atoms with Crippen LogP contribution >= 0.6 is 0 Å². The summed E-state index contributed by atoms with van der Waals surface area (Å²) in [6.07, 6.45) is 3.18. The summed E-state index contributed by atoms with van der Waals surface area (Å²) in [6, 6.07) is 3.84. The number of pyridine rings is 1. The van der Waals surface area contributed by atoms with E-state index in [0.717, 1.165) is 5.56 Å². The maximum atomic E-state index is 6.03. The first-order valence-corrected chi connectivity index (χ1v) is 6.23. The molecule has 7 heteroatoms. The van der Waals surface area contributed by atoms with Crippen molar-refractivity contribution >= 4 is 23.1 Å². The molecule has 7 nitrogen and oxygen atoms in total. The molecule has 2 aromatic rings. The lowest BCUT2D eigenvalue weighted by atomic mass is 10.3. The van der Waals surface area contributed by atoms with E-state index in [0.29, 0.717) is 36.3 Å². The van der Waals surface area contributed by atoms with Gasteiger partial charge < -0.3 is 21.1 Å². The van der Waals surface area contributed by atoms with E-state index in [1.165, 1.54) is 6.33 Å². The summed E-state index contributed by atoms with van der Waals surface area (Å²) < 4.78 is 4.97. The highest BCUT2D eigenvalue weighted by Gasteiger charge is 2.08. The second kappa shape index (κ2) is 6.67. The van der Waals surface area contributed by atoms with Crippen LogP contribution in [0.1, 0.15) is 5.56 Å². The summed E-state index contributed by atoms with van der Waals surface area (Å²) in [7, 11) is 1.64. The van der Waals surface area contributed by atoms with Crippen molar-refractivity contribution in [3.8, 4) is 0 Å². The molecule has 2 heterocycles. The number of anilines is 4. The zero-order valence-corrected chi connectivity index (χ0v) is 11.6. The number of ether oxygens (including phenoxy) is 1. The molecule has 0 amide bonds. The third kappa shape index (κ3) is 3.55. The Balaban J connectivity index is 2.14. The Bertz CT molecular complexity index is 575. The summed E-state index contributed by atoms with van der Waals surface area (Å²) in [6.45, 7) is 3.19. The molecule has 0 bridgehead atoms. The number of aryl methyl sites for hydroxylation is 1. The third-order valence-electron chi connectivity index (χ3n) is 2.64. The standard InChI is InChI=1S/C13H18N6O/c1-9-3-4-15-10(7-9)19-13-11(14)12(17-8-18-13)16-5-6-20-2/h3-4,7-8H,5-6,14H2,1-2H3,(H2,15,16,17,18,19). The Morgan fingerprint density at radius 1 is 1.25 bits per heavy atom. The largest absolute Gasteiger partial charge is 0.393 e. The lowest BCUT2D eigenvalue weighted by Crippen LogP contribution is -2.12. The molecule has 106 valence electrons. The molecule has 0 saturated heterocycles. The van der Waals surface area contributed by atoms with Crippen molar-refractivity contribution < 1.29 is 4.74 Å². The van der Waals surface area contributed by atoms with Crippen LogP contribution in [-0.4, -0.2) is 35.2 Å². The minimum Gasteiger partial charge on any atom is -0.393 e. The fraction of sp³-hybridized carbons (Fsp3) is 0.308. The molecule has 0 aliphatic rings. The number of nitrogen functional groups attached to an aromatic ring is 1. The molecule has 2 aromatic heterocycles. The average Bonchev–Trinajstić information content (AvgIpc) is 2.43. The summed E-state index contributed by atoms with van der Waals surface area (Å²) in [4.78, 5) is 12.5. The van der Waals surface area contributed by atoms with E-state index in [2.05, 4.69) is 25.6 Å². The van der Waals surface area contributed by atoms with Crippen LogP contribution in [0.5, 0.6) is 0 Å². The Kier molecular flexibility index (Phi) is 4.67. The Hall–Kier alpha value is -2.41. The van der Waals surface area contributed by atoms with Crippen LogP contribution in [-0.2, 0) is 4.74 Å². The topological polar surface area (TPSA) is 98.0 Å². The predicted octanol–water partition coefficient (Wildman–Crippen LogP) is 1.56. The van der Waals surface area contributed by atoms with Crippen LogP contribution in [0.15, 0.2) is 24.7 Å².